The van der Waals surface area contributed by atoms with Gasteiger partial charge in [0.05, 0.1) is 17.3 Å². The Kier molecular flexibility index (Phi) is 6.42. The van der Waals surface area contributed by atoms with E-state index in [-0.39, 0.29) is 18.0 Å². The minimum absolute atomic E-state index is 0.172. The second kappa shape index (κ2) is 9.17. The van der Waals surface area contributed by atoms with Crippen molar-refractivity contribution in [3.63, 3.8) is 0 Å². The smallest absolute Gasteiger partial charge is 0.313 e. The van der Waals surface area contributed by atoms with E-state index in [9.17, 15) is 14.4 Å². The van der Waals surface area contributed by atoms with E-state index in [2.05, 4.69) is 16.0 Å². The Morgan fingerprint density at radius 1 is 0.893 bits per heavy atom. The molecule has 2 aromatic rings. The third kappa shape index (κ3) is 4.97. The first-order valence-electron chi connectivity index (χ1n) is 9.61. The number of nitrogens with one attached hydrogen (secondary N) is 3. The SMILES string of the molecule is C[C@H](NC(=O)C(=O)Nc1ccccc1C(=O)NC1CCCC1)c1ccccc1. The summed E-state index contributed by atoms with van der Waals surface area (Å²) in [6, 6.07) is 16.0. The van der Waals surface area contributed by atoms with Gasteiger partial charge < -0.3 is 16.0 Å². The summed E-state index contributed by atoms with van der Waals surface area (Å²) >= 11 is 0. The summed E-state index contributed by atoms with van der Waals surface area (Å²) in [6.45, 7) is 1.81. The Morgan fingerprint density at radius 3 is 2.25 bits per heavy atom. The van der Waals surface area contributed by atoms with Crippen LogP contribution in [0.2, 0.25) is 0 Å². The van der Waals surface area contributed by atoms with Crippen LogP contribution in [0.25, 0.3) is 0 Å². The van der Waals surface area contributed by atoms with Gasteiger partial charge in [0.15, 0.2) is 0 Å². The van der Waals surface area contributed by atoms with E-state index in [1.807, 2.05) is 37.3 Å². The monoisotopic (exact) mass is 379 g/mol. The van der Waals surface area contributed by atoms with Crippen molar-refractivity contribution in [1.82, 2.24) is 10.6 Å². The summed E-state index contributed by atoms with van der Waals surface area (Å²) in [6.07, 6.45) is 4.17. The van der Waals surface area contributed by atoms with Crippen molar-refractivity contribution in [2.75, 3.05) is 5.32 Å². The zero-order chi connectivity index (χ0) is 19.9. The molecule has 1 atom stereocenters. The predicted octanol–water partition coefficient (Wildman–Crippen LogP) is 3.17. The molecule has 1 fully saturated rings. The number of para-hydroxylation sites is 1. The van der Waals surface area contributed by atoms with Gasteiger partial charge in [0.25, 0.3) is 5.91 Å². The van der Waals surface area contributed by atoms with Crippen LogP contribution < -0.4 is 16.0 Å². The lowest BCUT2D eigenvalue weighted by Crippen LogP contribution is -2.38. The average molecular weight is 379 g/mol. The van der Waals surface area contributed by atoms with Crippen molar-refractivity contribution in [2.24, 2.45) is 0 Å². The molecule has 0 spiro atoms. The zero-order valence-electron chi connectivity index (χ0n) is 15.9. The van der Waals surface area contributed by atoms with E-state index in [1.54, 1.807) is 24.3 Å². The van der Waals surface area contributed by atoms with Gasteiger partial charge in [-0.2, -0.15) is 0 Å². The number of rotatable bonds is 5. The standard InChI is InChI=1S/C22H25N3O3/c1-15(16-9-3-2-4-10-16)23-21(27)22(28)25-19-14-8-7-13-18(19)20(26)24-17-11-5-6-12-17/h2-4,7-10,13-15,17H,5-6,11-12H2,1H3,(H,23,27)(H,24,26)(H,25,28)/t15-/m0/s1. The van der Waals surface area contributed by atoms with Crippen LogP contribution in [-0.2, 0) is 9.59 Å². The van der Waals surface area contributed by atoms with Crippen molar-refractivity contribution in [3.05, 3.63) is 65.7 Å². The number of hydrogen-bond acceptors (Lipinski definition) is 3. The molecule has 1 saturated carbocycles. The van der Waals surface area contributed by atoms with Gasteiger partial charge in [-0.05, 0) is 37.5 Å². The van der Waals surface area contributed by atoms with E-state index >= 15 is 0 Å². The topological polar surface area (TPSA) is 87.3 Å². The molecule has 0 aliphatic heterocycles. The Labute approximate surface area is 164 Å². The van der Waals surface area contributed by atoms with Gasteiger partial charge in [0.1, 0.15) is 0 Å². The molecule has 146 valence electrons. The van der Waals surface area contributed by atoms with Crippen LogP contribution in [0.3, 0.4) is 0 Å². The van der Waals surface area contributed by atoms with Gasteiger partial charge >= 0.3 is 11.8 Å². The number of carbonyl (C=O) groups excluding carboxylic acids is 3. The second-order valence-corrected chi connectivity index (χ2v) is 7.06. The molecule has 28 heavy (non-hydrogen) atoms. The van der Waals surface area contributed by atoms with Crippen molar-refractivity contribution >= 4 is 23.4 Å². The average Bonchev–Trinajstić information content (AvgIpc) is 3.22. The molecule has 0 saturated heterocycles. The summed E-state index contributed by atoms with van der Waals surface area (Å²) < 4.78 is 0. The summed E-state index contributed by atoms with van der Waals surface area (Å²) in [5.74, 6) is -1.79. The maximum absolute atomic E-state index is 12.6. The fourth-order valence-corrected chi connectivity index (χ4v) is 3.39. The highest BCUT2D eigenvalue weighted by molar-refractivity contribution is 6.40. The molecule has 0 unspecified atom stereocenters. The molecule has 0 aromatic heterocycles. The molecule has 1 aliphatic carbocycles. The van der Waals surface area contributed by atoms with Gasteiger partial charge in [-0.1, -0.05) is 55.3 Å². The number of anilines is 1. The Morgan fingerprint density at radius 2 is 1.54 bits per heavy atom. The fraction of sp³-hybridized carbons (Fsp3) is 0.318. The first-order valence-corrected chi connectivity index (χ1v) is 9.61. The van der Waals surface area contributed by atoms with E-state index in [0.717, 1.165) is 31.2 Å². The minimum Gasteiger partial charge on any atom is -0.349 e. The minimum atomic E-state index is -0.802. The zero-order valence-corrected chi connectivity index (χ0v) is 15.9. The molecular formula is C22H25N3O3. The van der Waals surface area contributed by atoms with Crippen LogP contribution in [0.15, 0.2) is 54.6 Å². The highest BCUT2D eigenvalue weighted by Gasteiger charge is 2.22. The molecule has 0 bridgehead atoms. The lowest BCUT2D eigenvalue weighted by molar-refractivity contribution is -0.136. The van der Waals surface area contributed by atoms with E-state index in [1.165, 1.54) is 0 Å². The van der Waals surface area contributed by atoms with Gasteiger partial charge in [-0.25, -0.2) is 0 Å². The fourth-order valence-electron chi connectivity index (χ4n) is 3.39. The molecule has 1 aliphatic rings. The quantitative estimate of drug-likeness (QED) is 0.697. The van der Waals surface area contributed by atoms with E-state index in [4.69, 9.17) is 0 Å². The largest absolute Gasteiger partial charge is 0.349 e. The molecular weight excluding hydrogens is 354 g/mol. The number of benzene rings is 2. The molecule has 3 amide bonds. The summed E-state index contributed by atoms with van der Waals surface area (Å²) in [4.78, 5) is 37.2. The maximum Gasteiger partial charge on any atom is 0.313 e. The predicted molar refractivity (Wildman–Crippen MR) is 108 cm³/mol. The van der Waals surface area contributed by atoms with Crippen LogP contribution in [0, 0.1) is 0 Å². The van der Waals surface area contributed by atoms with E-state index in [0.29, 0.717) is 11.3 Å². The summed E-state index contributed by atoms with van der Waals surface area (Å²) in [5, 5.41) is 8.23. The Bertz CT molecular complexity index is 845. The van der Waals surface area contributed by atoms with E-state index < -0.39 is 11.8 Å². The Hall–Kier alpha value is -3.15. The normalized spacial score (nSPS) is 14.9. The summed E-state index contributed by atoms with van der Waals surface area (Å²) in [5.41, 5.74) is 1.58. The highest BCUT2D eigenvalue weighted by Crippen LogP contribution is 2.20. The van der Waals surface area contributed by atoms with Gasteiger partial charge in [-0.15, -0.1) is 0 Å². The lowest BCUT2D eigenvalue weighted by Gasteiger charge is -2.16. The highest BCUT2D eigenvalue weighted by atomic mass is 16.2. The first kappa shape index (κ1) is 19.6. The number of carbonyl (C=O) groups is 3. The molecule has 6 heteroatoms. The molecule has 2 aromatic carbocycles. The molecule has 0 heterocycles. The third-order valence-corrected chi connectivity index (χ3v) is 4.96. The lowest BCUT2D eigenvalue weighted by atomic mass is 10.1. The van der Waals surface area contributed by atoms with Crippen molar-refractivity contribution in [3.8, 4) is 0 Å². The van der Waals surface area contributed by atoms with Gasteiger partial charge in [-0.3, -0.25) is 14.4 Å². The molecule has 3 N–H and O–H groups in total. The first-order chi connectivity index (χ1) is 13.5. The Balaban J connectivity index is 1.63. The van der Waals surface area contributed by atoms with Crippen LogP contribution in [0.1, 0.15) is 54.6 Å². The van der Waals surface area contributed by atoms with Gasteiger partial charge in [0, 0.05) is 6.04 Å². The number of hydrogen-bond donors (Lipinski definition) is 3. The van der Waals surface area contributed by atoms with Crippen molar-refractivity contribution in [1.29, 1.82) is 0 Å². The summed E-state index contributed by atoms with van der Waals surface area (Å²) in [7, 11) is 0. The van der Waals surface area contributed by atoms with Crippen LogP contribution >= 0.6 is 0 Å². The maximum atomic E-state index is 12.6. The van der Waals surface area contributed by atoms with Crippen molar-refractivity contribution < 1.29 is 14.4 Å². The molecule has 6 nitrogen and oxygen atoms in total. The third-order valence-electron chi connectivity index (χ3n) is 4.96. The molecule has 0 radical (unpaired) electrons. The van der Waals surface area contributed by atoms with Crippen LogP contribution in [-0.4, -0.2) is 23.8 Å². The number of amides is 3. The van der Waals surface area contributed by atoms with Gasteiger partial charge in [0.2, 0.25) is 0 Å². The van der Waals surface area contributed by atoms with Crippen molar-refractivity contribution in [2.45, 2.75) is 44.7 Å². The second-order valence-electron chi connectivity index (χ2n) is 7.06. The van der Waals surface area contributed by atoms with Crippen LogP contribution in [0.4, 0.5) is 5.69 Å². The molecule has 3 rings (SSSR count). The van der Waals surface area contributed by atoms with Crippen LogP contribution in [0.5, 0.6) is 0 Å².